The predicted octanol–water partition coefficient (Wildman–Crippen LogP) is 1.18. The zero-order valence-corrected chi connectivity index (χ0v) is 10.6. The minimum atomic E-state index is -0.284. The van der Waals surface area contributed by atoms with Gasteiger partial charge in [-0.05, 0) is 43.4 Å². The molecule has 1 aliphatic carbocycles. The summed E-state index contributed by atoms with van der Waals surface area (Å²) in [4.78, 5) is 12.0. The number of benzene rings is 1. The van der Waals surface area contributed by atoms with E-state index in [9.17, 15) is 9.90 Å². The van der Waals surface area contributed by atoms with Crippen molar-refractivity contribution >= 4 is 5.91 Å². The van der Waals surface area contributed by atoms with Gasteiger partial charge in [0.25, 0.3) is 0 Å². The maximum absolute atomic E-state index is 12.0. The van der Waals surface area contributed by atoms with Gasteiger partial charge in [0.15, 0.2) is 0 Å². The predicted molar refractivity (Wildman–Crippen MR) is 70.1 cm³/mol. The van der Waals surface area contributed by atoms with E-state index in [1.54, 1.807) is 18.2 Å². The number of hydrogen-bond donors (Lipinski definition) is 3. The first-order valence-corrected chi connectivity index (χ1v) is 6.32. The lowest BCUT2D eigenvalue weighted by Crippen LogP contribution is -2.53. The van der Waals surface area contributed by atoms with Crippen molar-refractivity contribution in [2.24, 2.45) is 11.7 Å². The Kier molecular flexibility index (Phi) is 3.57. The Balaban J connectivity index is 1.96. The summed E-state index contributed by atoms with van der Waals surface area (Å²) in [6, 6.07) is 6.77. The second kappa shape index (κ2) is 4.98. The summed E-state index contributed by atoms with van der Waals surface area (Å²) < 4.78 is 0. The van der Waals surface area contributed by atoms with Crippen LogP contribution in [0.4, 0.5) is 0 Å². The zero-order chi connectivity index (χ0) is 13.2. The Morgan fingerprint density at radius 1 is 1.56 bits per heavy atom. The monoisotopic (exact) mass is 248 g/mol. The molecule has 0 saturated heterocycles. The standard InChI is InChI=1S/C14H20N2O2/c1-14(9-15,11-5-6-11)16-13(18)8-10-3-2-4-12(17)7-10/h2-4,7,11,17H,5-6,8-9,15H2,1H3,(H,16,18). The Labute approximate surface area is 107 Å². The molecule has 0 bridgehead atoms. The van der Waals surface area contributed by atoms with Gasteiger partial charge in [-0.15, -0.1) is 0 Å². The Morgan fingerprint density at radius 3 is 2.83 bits per heavy atom. The van der Waals surface area contributed by atoms with Gasteiger partial charge in [-0.2, -0.15) is 0 Å². The SMILES string of the molecule is CC(CN)(NC(=O)Cc1cccc(O)c1)C1CC1. The van der Waals surface area contributed by atoms with Gasteiger partial charge in [-0.25, -0.2) is 0 Å². The summed E-state index contributed by atoms with van der Waals surface area (Å²) in [5, 5.41) is 12.4. The molecular weight excluding hydrogens is 228 g/mol. The van der Waals surface area contributed by atoms with Gasteiger partial charge in [0, 0.05) is 6.54 Å². The summed E-state index contributed by atoms with van der Waals surface area (Å²) in [6.07, 6.45) is 2.55. The van der Waals surface area contributed by atoms with E-state index in [4.69, 9.17) is 5.73 Å². The lowest BCUT2D eigenvalue weighted by molar-refractivity contribution is -0.122. The van der Waals surface area contributed by atoms with E-state index in [1.165, 1.54) is 0 Å². The summed E-state index contributed by atoms with van der Waals surface area (Å²) in [7, 11) is 0. The van der Waals surface area contributed by atoms with Crippen molar-refractivity contribution in [3.63, 3.8) is 0 Å². The first kappa shape index (κ1) is 12.9. The lowest BCUT2D eigenvalue weighted by Gasteiger charge is -2.29. The third-order valence-electron chi connectivity index (χ3n) is 3.60. The number of phenols is 1. The maximum atomic E-state index is 12.0. The number of nitrogens with two attached hydrogens (primary N) is 1. The van der Waals surface area contributed by atoms with E-state index in [-0.39, 0.29) is 23.6 Å². The van der Waals surface area contributed by atoms with Crippen LogP contribution in [0.1, 0.15) is 25.3 Å². The molecule has 4 N–H and O–H groups in total. The van der Waals surface area contributed by atoms with Crippen LogP contribution >= 0.6 is 0 Å². The van der Waals surface area contributed by atoms with E-state index in [0.29, 0.717) is 12.5 Å². The fourth-order valence-electron chi connectivity index (χ4n) is 2.25. The first-order chi connectivity index (χ1) is 8.53. The van der Waals surface area contributed by atoms with Gasteiger partial charge in [0.2, 0.25) is 5.91 Å². The molecule has 0 spiro atoms. The van der Waals surface area contributed by atoms with Crippen molar-refractivity contribution < 1.29 is 9.90 Å². The molecule has 1 aliphatic rings. The highest BCUT2D eigenvalue weighted by Gasteiger charge is 2.41. The van der Waals surface area contributed by atoms with Crippen molar-refractivity contribution in [2.75, 3.05) is 6.54 Å². The van der Waals surface area contributed by atoms with Crippen molar-refractivity contribution in [3.8, 4) is 5.75 Å². The van der Waals surface area contributed by atoms with Crippen LogP contribution in [-0.2, 0) is 11.2 Å². The highest BCUT2D eigenvalue weighted by atomic mass is 16.3. The van der Waals surface area contributed by atoms with Crippen LogP contribution in [0.2, 0.25) is 0 Å². The molecule has 18 heavy (non-hydrogen) atoms. The molecule has 98 valence electrons. The molecule has 0 heterocycles. The second-order valence-corrected chi connectivity index (χ2v) is 5.29. The molecule has 0 aliphatic heterocycles. The van der Waals surface area contributed by atoms with Crippen LogP contribution in [-0.4, -0.2) is 23.1 Å². The van der Waals surface area contributed by atoms with Crippen molar-refractivity contribution in [3.05, 3.63) is 29.8 Å². The minimum Gasteiger partial charge on any atom is -0.508 e. The number of amides is 1. The third-order valence-corrected chi connectivity index (χ3v) is 3.60. The molecule has 4 nitrogen and oxygen atoms in total. The molecule has 0 aromatic heterocycles. The molecule has 1 aromatic rings. The molecular formula is C14H20N2O2. The number of nitrogens with one attached hydrogen (secondary N) is 1. The first-order valence-electron chi connectivity index (χ1n) is 6.32. The summed E-state index contributed by atoms with van der Waals surface area (Å²) in [5.74, 6) is 0.653. The fourth-order valence-corrected chi connectivity index (χ4v) is 2.25. The molecule has 1 saturated carbocycles. The van der Waals surface area contributed by atoms with E-state index in [2.05, 4.69) is 5.32 Å². The van der Waals surface area contributed by atoms with Gasteiger partial charge < -0.3 is 16.2 Å². The number of rotatable bonds is 5. The highest BCUT2D eigenvalue weighted by molar-refractivity contribution is 5.79. The van der Waals surface area contributed by atoms with E-state index in [1.807, 2.05) is 13.0 Å². The van der Waals surface area contributed by atoms with E-state index < -0.39 is 0 Å². The maximum Gasteiger partial charge on any atom is 0.224 e. The molecule has 1 aromatic carbocycles. The van der Waals surface area contributed by atoms with E-state index >= 15 is 0 Å². The van der Waals surface area contributed by atoms with Crippen LogP contribution in [0.15, 0.2) is 24.3 Å². The Bertz CT molecular complexity index is 443. The Morgan fingerprint density at radius 2 is 2.28 bits per heavy atom. The number of carbonyl (C=O) groups is 1. The van der Waals surface area contributed by atoms with Gasteiger partial charge in [0.1, 0.15) is 5.75 Å². The average Bonchev–Trinajstić information content (AvgIpc) is 3.12. The van der Waals surface area contributed by atoms with E-state index in [0.717, 1.165) is 18.4 Å². The lowest BCUT2D eigenvalue weighted by atomic mass is 9.95. The minimum absolute atomic E-state index is 0.0413. The number of phenolic OH excluding ortho intramolecular Hbond substituents is 1. The zero-order valence-electron chi connectivity index (χ0n) is 10.6. The topological polar surface area (TPSA) is 75.3 Å². The van der Waals surface area contributed by atoms with Gasteiger partial charge in [-0.3, -0.25) is 4.79 Å². The largest absolute Gasteiger partial charge is 0.508 e. The van der Waals surface area contributed by atoms with Crippen molar-refractivity contribution in [1.29, 1.82) is 0 Å². The molecule has 1 unspecified atom stereocenters. The summed E-state index contributed by atoms with van der Waals surface area (Å²) in [5.41, 5.74) is 6.28. The quantitative estimate of drug-likeness (QED) is 0.732. The molecule has 1 fully saturated rings. The molecule has 1 amide bonds. The number of carbonyl (C=O) groups excluding carboxylic acids is 1. The molecule has 0 radical (unpaired) electrons. The molecule has 1 atom stereocenters. The van der Waals surface area contributed by atoms with Gasteiger partial charge in [0.05, 0.1) is 12.0 Å². The van der Waals surface area contributed by atoms with Crippen molar-refractivity contribution in [1.82, 2.24) is 5.32 Å². The Hall–Kier alpha value is -1.55. The van der Waals surface area contributed by atoms with Gasteiger partial charge >= 0.3 is 0 Å². The number of hydrogen-bond acceptors (Lipinski definition) is 3. The third kappa shape index (κ3) is 3.01. The highest BCUT2D eigenvalue weighted by Crippen LogP contribution is 2.38. The molecule has 4 heteroatoms. The van der Waals surface area contributed by atoms with Crippen LogP contribution in [0.25, 0.3) is 0 Å². The second-order valence-electron chi connectivity index (χ2n) is 5.29. The summed E-state index contributed by atoms with van der Waals surface area (Å²) in [6.45, 7) is 2.47. The van der Waals surface area contributed by atoms with Gasteiger partial charge in [-0.1, -0.05) is 12.1 Å². The van der Waals surface area contributed by atoms with Crippen molar-refractivity contribution in [2.45, 2.75) is 31.7 Å². The summed E-state index contributed by atoms with van der Waals surface area (Å²) >= 11 is 0. The number of aromatic hydroxyl groups is 1. The van der Waals surface area contributed by atoms with Crippen LogP contribution in [0.3, 0.4) is 0 Å². The van der Waals surface area contributed by atoms with Crippen LogP contribution in [0.5, 0.6) is 5.75 Å². The van der Waals surface area contributed by atoms with Crippen LogP contribution < -0.4 is 11.1 Å². The van der Waals surface area contributed by atoms with Crippen LogP contribution in [0, 0.1) is 5.92 Å². The average molecular weight is 248 g/mol. The fraction of sp³-hybridized carbons (Fsp3) is 0.500. The molecule has 2 rings (SSSR count). The smallest absolute Gasteiger partial charge is 0.224 e. The normalized spacial score (nSPS) is 18.1.